The fourth-order valence-electron chi connectivity index (χ4n) is 1.40. The fraction of sp³-hybridized carbons (Fsp3) is 0.875. The molecule has 1 fully saturated rings. The van der Waals surface area contributed by atoms with Crippen LogP contribution in [0.2, 0.25) is 0 Å². The third-order valence-corrected chi connectivity index (χ3v) is 2.30. The summed E-state index contributed by atoms with van der Waals surface area (Å²) in [7, 11) is 0. The van der Waals surface area contributed by atoms with Gasteiger partial charge in [0, 0.05) is 5.92 Å². The van der Waals surface area contributed by atoms with Crippen LogP contribution in [0.25, 0.3) is 0 Å². The molecule has 10 heavy (non-hydrogen) atoms. The summed E-state index contributed by atoms with van der Waals surface area (Å²) in [6.07, 6.45) is 4.27. The van der Waals surface area contributed by atoms with Crippen LogP contribution in [-0.2, 0) is 4.79 Å². The molecule has 0 amide bonds. The van der Waals surface area contributed by atoms with E-state index in [1.165, 1.54) is 0 Å². The van der Waals surface area contributed by atoms with Gasteiger partial charge in [0.1, 0.15) is 6.29 Å². The standard InChI is InChI=1S/C8H14O2/c1-8(10)4-2-7(6-9)3-5-8/h6-7,10H,2-5H2,1H3. The topological polar surface area (TPSA) is 37.3 Å². The minimum atomic E-state index is -0.500. The van der Waals surface area contributed by atoms with Crippen LogP contribution >= 0.6 is 0 Å². The van der Waals surface area contributed by atoms with Crippen molar-refractivity contribution in [1.29, 1.82) is 0 Å². The number of rotatable bonds is 1. The van der Waals surface area contributed by atoms with Gasteiger partial charge in [-0.05, 0) is 32.6 Å². The summed E-state index contributed by atoms with van der Waals surface area (Å²) in [6.45, 7) is 1.84. The Bertz CT molecular complexity index is 119. The molecule has 1 N–H and O–H groups in total. The van der Waals surface area contributed by atoms with Gasteiger partial charge in [-0.25, -0.2) is 0 Å². The highest BCUT2D eigenvalue weighted by atomic mass is 16.3. The molecule has 1 aliphatic carbocycles. The van der Waals surface area contributed by atoms with Crippen molar-refractivity contribution >= 4 is 6.29 Å². The zero-order valence-electron chi connectivity index (χ0n) is 6.34. The van der Waals surface area contributed by atoms with Crippen LogP contribution in [0.15, 0.2) is 0 Å². The lowest BCUT2D eigenvalue weighted by Crippen LogP contribution is -2.30. The summed E-state index contributed by atoms with van der Waals surface area (Å²) >= 11 is 0. The van der Waals surface area contributed by atoms with Crippen molar-refractivity contribution in [2.75, 3.05) is 0 Å². The Morgan fingerprint density at radius 1 is 1.50 bits per heavy atom. The first-order chi connectivity index (χ1) is 4.64. The molecule has 0 aliphatic heterocycles. The molecule has 0 atom stereocenters. The number of aliphatic hydroxyl groups is 1. The lowest BCUT2D eigenvalue weighted by molar-refractivity contribution is -0.113. The minimum absolute atomic E-state index is 0.209. The molecule has 58 valence electrons. The lowest BCUT2D eigenvalue weighted by atomic mass is 9.81. The third-order valence-electron chi connectivity index (χ3n) is 2.30. The zero-order valence-corrected chi connectivity index (χ0v) is 6.34. The molecule has 1 rings (SSSR count). The van der Waals surface area contributed by atoms with Crippen molar-refractivity contribution in [2.24, 2.45) is 5.92 Å². The Morgan fingerprint density at radius 3 is 2.40 bits per heavy atom. The normalized spacial score (nSPS) is 41.2. The van der Waals surface area contributed by atoms with Crippen LogP contribution in [-0.4, -0.2) is 17.0 Å². The average molecular weight is 142 g/mol. The number of carbonyl (C=O) groups is 1. The molecule has 0 saturated heterocycles. The Hall–Kier alpha value is -0.370. The Morgan fingerprint density at radius 2 is 2.00 bits per heavy atom. The minimum Gasteiger partial charge on any atom is -0.390 e. The van der Waals surface area contributed by atoms with Gasteiger partial charge >= 0.3 is 0 Å². The number of hydrogen-bond donors (Lipinski definition) is 1. The highest BCUT2D eigenvalue weighted by Crippen LogP contribution is 2.30. The first-order valence-corrected chi connectivity index (χ1v) is 3.82. The molecule has 0 unspecified atom stereocenters. The van der Waals surface area contributed by atoms with Gasteiger partial charge in [-0.15, -0.1) is 0 Å². The van der Waals surface area contributed by atoms with Crippen molar-refractivity contribution in [3.8, 4) is 0 Å². The fourth-order valence-corrected chi connectivity index (χ4v) is 1.40. The van der Waals surface area contributed by atoms with Gasteiger partial charge in [0.25, 0.3) is 0 Å². The van der Waals surface area contributed by atoms with E-state index in [4.69, 9.17) is 0 Å². The van der Waals surface area contributed by atoms with Crippen molar-refractivity contribution in [3.63, 3.8) is 0 Å². The second-order valence-corrected chi connectivity index (χ2v) is 3.47. The number of aldehydes is 1. The summed E-state index contributed by atoms with van der Waals surface area (Å²) in [4.78, 5) is 10.3. The third kappa shape index (κ3) is 1.81. The maximum absolute atomic E-state index is 10.3. The number of carbonyl (C=O) groups excluding carboxylic acids is 1. The second-order valence-electron chi connectivity index (χ2n) is 3.47. The summed E-state index contributed by atoms with van der Waals surface area (Å²) in [6, 6.07) is 0. The van der Waals surface area contributed by atoms with Gasteiger partial charge in [0.05, 0.1) is 5.60 Å². The van der Waals surface area contributed by atoms with E-state index in [-0.39, 0.29) is 5.92 Å². The van der Waals surface area contributed by atoms with Crippen LogP contribution in [0, 0.1) is 5.92 Å². The zero-order chi connectivity index (χ0) is 7.61. The molecule has 2 heteroatoms. The van der Waals surface area contributed by atoms with Crippen LogP contribution < -0.4 is 0 Å². The summed E-state index contributed by atoms with van der Waals surface area (Å²) < 4.78 is 0. The predicted molar refractivity (Wildman–Crippen MR) is 38.6 cm³/mol. The van der Waals surface area contributed by atoms with Gasteiger partial charge in [0.15, 0.2) is 0 Å². The van der Waals surface area contributed by atoms with E-state index in [2.05, 4.69) is 0 Å². The van der Waals surface area contributed by atoms with E-state index in [1.54, 1.807) is 0 Å². The van der Waals surface area contributed by atoms with E-state index in [9.17, 15) is 9.90 Å². The smallest absolute Gasteiger partial charge is 0.123 e. The SMILES string of the molecule is CC1(O)CCC(C=O)CC1. The van der Waals surface area contributed by atoms with E-state index < -0.39 is 5.60 Å². The average Bonchev–Trinajstić information content (AvgIpc) is 1.88. The molecular formula is C8H14O2. The summed E-state index contributed by atoms with van der Waals surface area (Å²) in [5, 5.41) is 9.47. The molecule has 0 aromatic carbocycles. The van der Waals surface area contributed by atoms with E-state index >= 15 is 0 Å². The number of hydrogen-bond acceptors (Lipinski definition) is 2. The van der Waals surface area contributed by atoms with E-state index in [0.29, 0.717) is 0 Å². The molecule has 2 nitrogen and oxygen atoms in total. The van der Waals surface area contributed by atoms with Gasteiger partial charge < -0.3 is 9.90 Å². The lowest BCUT2D eigenvalue weighted by Gasteiger charge is -2.30. The molecule has 0 aromatic rings. The van der Waals surface area contributed by atoms with Crippen molar-refractivity contribution in [3.05, 3.63) is 0 Å². The van der Waals surface area contributed by atoms with Crippen LogP contribution in [0.1, 0.15) is 32.6 Å². The largest absolute Gasteiger partial charge is 0.390 e. The first-order valence-electron chi connectivity index (χ1n) is 3.82. The maximum atomic E-state index is 10.3. The molecule has 1 aliphatic rings. The highest BCUT2D eigenvalue weighted by molar-refractivity contribution is 5.53. The van der Waals surface area contributed by atoms with Gasteiger partial charge in [-0.1, -0.05) is 0 Å². The van der Waals surface area contributed by atoms with Crippen molar-refractivity contribution in [1.82, 2.24) is 0 Å². The molecule has 0 heterocycles. The maximum Gasteiger partial charge on any atom is 0.123 e. The van der Waals surface area contributed by atoms with Crippen molar-refractivity contribution in [2.45, 2.75) is 38.2 Å². The molecule has 0 radical (unpaired) electrons. The van der Waals surface area contributed by atoms with Gasteiger partial charge in [0.2, 0.25) is 0 Å². The molecule has 1 saturated carbocycles. The highest BCUT2D eigenvalue weighted by Gasteiger charge is 2.27. The van der Waals surface area contributed by atoms with Crippen LogP contribution in [0.4, 0.5) is 0 Å². The Labute approximate surface area is 61.2 Å². The second kappa shape index (κ2) is 2.70. The molecular weight excluding hydrogens is 128 g/mol. The van der Waals surface area contributed by atoms with Gasteiger partial charge in [-0.3, -0.25) is 0 Å². The van der Waals surface area contributed by atoms with Crippen molar-refractivity contribution < 1.29 is 9.90 Å². The quantitative estimate of drug-likeness (QED) is 0.557. The van der Waals surface area contributed by atoms with Gasteiger partial charge in [-0.2, -0.15) is 0 Å². The van der Waals surface area contributed by atoms with Crippen LogP contribution in [0.3, 0.4) is 0 Å². The summed E-state index contributed by atoms with van der Waals surface area (Å²) in [5.41, 5.74) is -0.500. The summed E-state index contributed by atoms with van der Waals surface area (Å²) in [5.74, 6) is 0.209. The first kappa shape index (κ1) is 7.73. The van der Waals surface area contributed by atoms with Crippen LogP contribution in [0.5, 0.6) is 0 Å². The Balaban J connectivity index is 2.38. The molecule has 0 spiro atoms. The monoisotopic (exact) mass is 142 g/mol. The Kier molecular flexibility index (Phi) is 2.09. The van der Waals surface area contributed by atoms with E-state index in [1.807, 2.05) is 6.92 Å². The predicted octanol–water partition coefficient (Wildman–Crippen LogP) is 1.13. The van der Waals surface area contributed by atoms with E-state index in [0.717, 1.165) is 32.0 Å². The molecule has 0 bridgehead atoms. The molecule has 0 aromatic heterocycles.